The molecule has 0 aromatic carbocycles. The van der Waals surface area contributed by atoms with E-state index in [1.165, 1.54) is 4.90 Å². The molecule has 108 valence electrons. The number of nitrogens with zero attached hydrogens (tertiary/aromatic N) is 3. The molecule has 1 aromatic heterocycles. The highest BCUT2D eigenvalue weighted by Gasteiger charge is 2.37. The molecule has 1 unspecified atom stereocenters. The standard InChI is InChI=1S/C12H11F4N3O/c13-8-10(9(14)12(16)17-11(8)15)18-3-4-19-6(5-18)1-2-7(19)20/h6H,1-5H2. The molecule has 2 aliphatic heterocycles. The maximum Gasteiger partial charge on any atom is 0.253 e. The van der Waals surface area contributed by atoms with Gasteiger partial charge in [0.2, 0.25) is 17.5 Å². The molecule has 8 heteroatoms. The van der Waals surface area contributed by atoms with Crippen LogP contribution in [-0.2, 0) is 4.79 Å². The molecule has 1 aromatic rings. The van der Waals surface area contributed by atoms with Crippen molar-refractivity contribution in [1.82, 2.24) is 9.88 Å². The molecule has 1 amide bonds. The average molecular weight is 289 g/mol. The summed E-state index contributed by atoms with van der Waals surface area (Å²) in [5.74, 6) is -6.32. The summed E-state index contributed by atoms with van der Waals surface area (Å²) in [4.78, 5) is 16.9. The number of hydrogen-bond acceptors (Lipinski definition) is 3. The monoisotopic (exact) mass is 289 g/mol. The Morgan fingerprint density at radius 3 is 2.35 bits per heavy atom. The topological polar surface area (TPSA) is 36.4 Å². The van der Waals surface area contributed by atoms with Crippen molar-refractivity contribution in [3.63, 3.8) is 0 Å². The Hall–Kier alpha value is -1.86. The first-order chi connectivity index (χ1) is 9.49. The van der Waals surface area contributed by atoms with E-state index in [0.717, 1.165) is 0 Å². The van der Waals surface area contributed by atoms with Gasteiger partial charge in [-0.1, -0.05) is 0 Å². The number of amides is 1. The Morgan fingerprint density at radius 1 is 1.05 bits per heavy atom. The smallest absolute Gasteiger partial charge is 0.253 e. The number of halogens is 4. The molecule has 0 spiro atoms. The van der Waals surface area contributed by atoms with Crippen molar-refractivity contribution >= 4 is 11.6 Å². The van der Waals surface area contributed by atoms with Crippen molar-refractivity contribution < 1.29 is 22.4 Å². The van der Waals surface area contributed by atoms with Gasteiger partial charge in [-0.05, 0) is 6.42 Å². The SMILES string of the molecule is O=C1CCC2CN(c3c(F)c(F)nc(F)c3F)CCN12. The number of hydrogen-bond donors (Lipinski definition) is 0. The Labute approximate surface area is 112 Å². The third-order valence-corrected chi connectivity index (χ3v) is 3.79. The lowest BCUT2D eigenvalue weighted by atomic mass is 10.1. The maximum atomic E-state index is 13.7. The fourth-order valence-electron chi connectivity index (χ4n) is 2.82. The first-order valence-electron chi connectivity index (χ1n) is 6.23. The second-order valence-corrected chi connectivity index (χ2v) is 4.90. The van der Waals surface area contributed by atoms with Gasteiger partial charge in [0, 0.05) is 32.1 Å². The predicted octanol–water partition coefficient (Wildman–Crippen LogP) is 1.45. The quantitative estimate of drug-likeness (QED) is 0.580. The van der Waals surface area contributed by atoms with Crippen LogP contribution in [0.25, 0.3) is 0 Å². The van der Waals surface area contributed by atoms with E-state index in [-0.39, 0.29) is 31.6 Å². The van der Waals surface area contributed by atoms with Gasteiger partial charge in [0.25, 0.3) is 11.9 Å². The van der Waals surface area contributed by atoms with Gasteiger partial charge >= 0.3 is 0 Å². The van der Waals surface area contributed by atoms with Gasteiger partial charge in [-0.2, -0.15) is 22.5 Å². The number of fused-ring (bicyclic) bond motifs is 1. The summed E-state index contributed by atoms with van der Waals surface area (Å²) in [6.45, 7) is 0.565. The van der Waals surface area contributed by atoms with Crippen molar-refractivity contribution in [2.75, 3.05) is 24.5 Å². The number of rotatable bonds is 1. The van der Waals surface area contributed by atoms with Crippen LogP contribution in [0.2, 0.25) is 0 Å². The first kappa shape index (κ1) is 13.1. The van der Waals surface area contributed by atoms with Crippen LogP contribution < -0.4 is 4.90 Å². The summed E-state index contributed by atoms with van der Waals surface area (Å²) >= 11 is 0. The Balaban J connectivity index is 1.93. The summed E-state index contributed by atoms with van der Waals surface area (Å²) < 4.78 is 53.6. The summed E-state index contributed by atoms with van der Waals surface area (Å²) in [6.07, 6.45) is 0.969. The molecule has 4 nitrogen and oxygen atoms in total. The van der Waals surface area contributed by atoms with Crippen molar-refractivity contribution in [1.29, 1.82) is 0 Å². The van der Waals surface area contributed by atoms with Crippen LogP contribution in [0.3, 0.4) is 0 Å². The molecule has 0 N–H and O–H groups in total. The third kappa shape index (κ3) is 1.90. The van der Waals surface area contributed by atoms with Gasteiger partial charge in [-0.15, -0.1) is 0 Å². The summed E-state index contributed by atoms with van der Waals surface area (Å²) in [5, 5.41) is 0. The number of piperazine rings is 1. The largest absolute Gasteiger partial charge is 0.363 e. The zero-order valence-corrected chi connectivity index (χ0v) is 10.4. The minimum atomic E-state index is -1.66. The van der Waals surface area contributed by atoms with E-state index in [2.05, 4.69) is 4.98 Å². The van der Waals surface area contributed by atoms with E-state index in [1.54, 1.807) is 4.90 Å². The van der Waals surface area contributed by atoms with Crippen LogP contribution in [0.5, 0.6) is 0 Å². The van der Waals surface area contributed by atoms with E-state index in [9.17, 15) is 22.4 Å². The minimum absolute atomic E-state index is 0.00248. The molecule has 0 saturated carbocycles. The second-order valence-electron chi connectivity index (χ2n) is 4.90. The predicted molar refractivity (Wildman–Crippen MR) is 61.0 cm³/mol. The van der Waals surface area contributed by atoms with Gasteiger partial charge in [0.1, 0.15) is 5.69 Å². The van der Waals surface area contributed by atoms with Crippen molar-refractivity contribution in [3.05, 3.63) is 23.5 Å². The molecule has 0 aliphatic carbocycles. The Bertz CT molecular complexity index is 554. The van der Waals surface area contributed by atoms with Crippen molar-refractivity contribution in [2.24, 2.45) is 0 Å². The molecule has 2 fully saturated rings. The second kappa shape index (κ2) is 4.60. The van der Waals surface area contributed by atoms with Gasteiger partial charge < -0.3 is 9.80 Å². The third-order valence-electron chi connectivity index (χ3n) is 3.79. The van der Waals surface area contributed by atoms with Gasteiger partial charge in [0.15, 0.2) is 0 Å². The Morgan fingerprint density at radius 2 is 1.70 bits per heavy atom. The van der Waals surface area contributed by atoms with Gasteiger partial charge in [-0.3, -0.25) is 4.79 Å². The van der Waals surface area contributed by atoms with E-state index in [4.69, 9.17) is 0 Å². The molecule has 20 heavy (non-hydrogen) atoms. The van der Waals surface area contributed by atoms with E-state index < -0.39 is 29.2 Å². The molecule has 0 bridgehead atoms. The number of pyridine rings is 1. The lowest BCUT2D eigenvalue weighted by Gasteiger charge is -2.38. The van der Waals surface area contributed by atoms with E-state index >= 15 is 0 Å². The fourth-order valence-corrected chi connectivity index (χ4v) is 2.82. The molecule has 2 saturated heterocycles. The van der Waals surface area contributed by atoms with Crippen LogP contribution in [0, 0.1) is 23.5 Å². The molecule has 1 atom stereocenters. The molecule has 0 radical (unpaired) electrons. The maximum absolute atomic E-state index is 13.7. The molecule has 3 rings (SSSR count). The number of carbonyl (C=O) groups excluding carboxylic acids is 1. The van der Waals surface area contributed by atoms with Crippen LogP contribution >= 0.6 is 0 Å². The fraction of sp³-hybridized carbons (Fsp3) is 0.500. The minimum Gasteiger partial charge on any atom is -0.363 e. The number of carbonyl (C=O) groups is 1. The zero-order chi connectivity index (χ0) is 14.4. The average Bonchev–Trinajstić information content (AvgIpc) is 2.78. The van der Waals surface area contributed by atoms with Crippen molar-refractivity contribution in [2.45, 2.75) is 18.9 Å². The van der Waals surface area contributed by atoms with Crippen LogP contribution in [0.4, 0.5) is 23.2 Å². The van der Waals surface area contributed by atoms with E-state index in [0.29, 0.717) is 12.8 Å². The lowest BCUT2D eigenvalue weighted by Crippen LogP contribution is -2.52. The highest BCUT2D eigenvalue weighted by atomic mass is 19.2. The van der Waals surface area contributed by atoms with Crippen LogP contribution in [0.1, 0.15) is 12.8 Å². The Kier molecular flexibility index (Phi) is 3.02. The summed E-state index contributed by atoms with van der Waals surface area (Å²) in [5.41, 5.74) is -0.742. The van der Waals surface area contributed by atoms with Crippen LogP contribution in [-0.4, -0.2) is 41.5 Å². The van der Waals surface area contributed by atoms with E-state index in [1.807, 2.05) is 0 Å². The molecule has 3 heterocycles. The number of aromatic nitrogens is 1. The summed E-state index contributed by atoms with van der Waals surface area (Å²) in [7, 11) is 0. The molecule has 2 aliphatic rings. The summed E-state index contributed by atoms with van der Waals surface area (Å²) in [6, 6.07) is -0.172. The van der Waals surface area contributed by atoms with Crippen LogP contribution in [0.15, 0.2) is 0 Å². The van der Waals surface area contributed by atoms with Crippen molar-refractivity contribution in [3.8, 4) is 0 Å². The zero-order valence-electron chi connectivity index (χ0n) is 10.4. The van der Waals surface area contributed by atoms with Gasteiger partial charge in [0.05, 0.1) is 0 Å². The first-order valence-corrected chi connectivity index (χ1v) is 6.23. The molecular formula is C12H11F4N3O. The number of anilines is 1. The highest BCUT2D eigenvalue weighted by Crippen LogP contribution is 2.31. The normalized spacial score (nSPS) is 22.4. The molecular weight excluding hydrogens is 278 g/mol. The van der Waals surface area contributed by atoms with Gasteiger partial charge in [-0.25, -0.2) is 0 Å². The highest BCUT2D eigenvalue weighted by molar-refractivity contribution is 5.79. The lowest BCUT2D eigenvalue weighted by molar-refractivity contribution is -0.129.